The number of aromatic nitrogens is 5. The van der Waals surface area contributed by atoms with Crippen LogP contribution in [-0.4, -0.2) is 37.9 Å². The van der Waals surface area contributed by atoms with E-state index in [2.05, 4.69) is 20.5 Å². The SMILES string of the molecule is Fc1ccc2oc(CSc3nnnn3C[C@H]3CCCO3)nc2c1. The van der Waals surface area contributed by atoms with Gasteiger partial charge in [-0.05, 0) is 35.4 Å². The van der Waals surface area contributed by atoms with Crippen molar-refractivity contribution < 1.29 is 13.5 Å². The van der Waals surface area contributed by atoms with Gasteiger partial charge in [0.05, 0.1) is 18.4 Å². The highest BCUT2D eigenvalue weighted by Gasteiger charge is 2.19. The van der Waals surface area contributed by atoms with Crippen molar-refractivity contribution in [3.8, 4) is 0 Å². The van der Waals surface area contributed by atoms with E-state index in [0.717, 1.165) is 19.4 Å². The molecular weight excluding hydrogens is 321 g/mol. The zero-order valence-corrected chi connectivity index (χ0v) is 13.0. The largest absolute Gasteiger partial charge is 0.440 e. The minimum absolute atomic E-state index is 0.171. The molecule has 3 aromatic rings. The third-order valence-corrected chi connectivity index (χ3v) is 4.56. The summed E-state index contributed by atoms with van der Waals surface area (Å²) < 4.78 is 26.1. The van der Waals surface area contributed by atoms with Gasteiger partial charge in [-0.2, -0.15) is 0 Å². The van der Waals surface area contributed by atoms with Crippen LogP contribution in [0.4, 0.5) is 4.39 Å². The molecule has 7 nitrogen and oxygen atoms in total. The summed E-state index contributed by atoms with van der Waals surface area (Å²) >= 11 is 1.43. The first-order chi connectivity index (χ1) is 11.3. The molecule has 1 saturated heterocycles. The predicted octanol–water partition coefficient (Wildman–Crippen LogP) is 2.42. The molecule has 0 spiro atoms. The van der Waals surface area contributed by atoms with Crippen LogP contribution < -0.4 is 0 Å². The van der Waals surface area contributed by atoms with Gasteiger partial charge in [0.2, 0.25) is 11.0 Å². The van der Waals surface area contributed by atoms with E-state index in [4.69, 9.17) is 9.15 Å². The maximum Gasteiger partial charge on any atom is 0.209 e. The average molecular weight is 335 g/mol. The van der Waals surface area contributed by atoms with Crippen molar-refractivity contribution in [1.82, 2.24) is 25.2 Å². The molecule has 1 aliphatic rings. The number of ether oxygens (including phenoxy) is 1. The number of halogens is 1. The van der Waals surface area contributed by atoms with Crippen LogP contribution in [0.15, 0.2) is 27.8 Å². The first-order valence-electron chi connectivity index (χ1n) is 7.33. The molecule has 4 rings (SSSR count). The zero-order valence-electron chi connectivity index (χ0n) is 12.2. The topological polar surface area (TPSA) is 78.9 Å². The average Bonchev–Trinajstić information content (AvgIpc) is 3.26. The molecule has 0 N–H and O–H groups in total. The molecule has 0 radical (unpaired) electrons. The van der Waals surface area contributed by atoms with E-state index in [0.29, 0.717) is 34.4 Å². The lowest BCUT2D eigenvalue weighted by Crippen LogP contribution is -2.16. The molecule has 0 amide bonds. The van der Waals surface area contributed by atoms with Gasteiger partial charge in [0.1, 0.15) is 11.3 Å². The Morgan fingerprint density at radius 1 is 1.39 bits per heavy atom. The van der Waals surface area contributed by atoms with Gasteiger partial charge in [0.25, 0.3) is 0 Å². The number of benzene rings is 1. The molecule has 1 fully saturated rings. The molecule has 1 aliphatic heterocycles. The Hall–Kier alpha value is -2.00. The van der Waals surface area contributed by atoms with E-state index in [1.807, 2.05) is 0 Å². The van der Waals surface area contributed by atoms with E-state index in [-0.39, 0.29) is 11.9 Å². The van der Waals surface area contributed by atoms with Crippen molar-refractivity contribution in [2.45, 2.75) is 36.4 Å². The second-order valence-corrected chi connectivity index (χ2v) is 6.23. The van der Waals surface area contributed by atoms with Crippen LogP contribution in [-0.2, 0) is 17.0 Å². The van der Waals surface area contributed by atoms with E-state index >= 15 is 0 Å². The third-order valence-electron chi connectivity index (χ3n) is 3.62. The van der Waals surface area contributed by atoms with Gasteiger partial charge in [0.15, 0.2) is 5.58 Å². The van der Waals surface area contributed by atoms with Crippen LogP contribution in [0.1, 0.15) is 18.7 Å². The quantitative estimate of drug-likeness (QED) is 0.663. The van der Waals surface area contributed by atoms with Crippen LogP contribution in [0.5, 0.6) is 0 Å². The molecule has 3 heterocycles. The molecule has 120 valence electrons. The van der Waals surface area contributed by atoms with Gasteiger partial charge in [-0.1, -0.05) is 11.8 Å². The van der Waals surface area contributed by atoms with Gasteiger partial charge in [-0.25, -0.2) is 14.1 Å². The number of hydrogen-bond donors (Lipinski definition) is 0. The molecule has 9 heteroatoms. The molecule has 0 bridgehead atoms. The number of tetrazole rings is 1. The van der Waals surface area contributed by atoms with Crippen LogP contribution in [0.3, 0.4) is 0 Å². The van der Waals surface area contributed by atoms with Crippen molar-refractivity contribution in [2.24, 2.45) is 0 Å². The van der Waals surface area contributed by atoms with E-state index in [1.165, 1.54) is 23.9 Å². The monoisotopic (exact) mass is 335 g/mol. The molecule has 23 heavy (non-hydrogen) atoms. The highest BCUT2D eigenvalue weighted by Crippen LogP contribution is 2.24. The molecule has 1 atom stereocenters. The molecular formula is C14H14FN5O2S. The lowest BCUT2D eigenvalue weighted by Gasteiger charge is -2.09. The van der Waals surface area contributed by atoms with Crippen molar-refractivity contribution in [1.29, 1.82) is 0 Å². The highest BCUT2D eigenvalue weighted by molar-refractivity contribution is 7.98. The fraction of sp³-hybridized carbons (Fsp3) is 0.429. The molecule has 0 unspecified atom stereocenters. The van der Waals surface area contributed by atoms with Gasteiger partial charge in [-0.3, -0.25) is 0 Å². The number of nitrogens with zero attached hydrogens (tertiary/aromatic N) is 5. The first-order valence-corrected chi connectivity index (χ1v) is 8.32. The summed E-state index contributed by atoms with van der Waals surface area (Å²) in [5.74, 6) is 0.662. The Morgan fingerprint density at radius 3 is 3.22 bits per heavy atom. The Morgan fingerprint density at radius 2 is 2.35 bits per heavy atom. The second-order valence-electron chi connectivity index (χ2n) is 5.29. The zero-order chi connectivity index (χ0) is 15.6. The summed E-state index contributed by atoms with van der Waals surface area (Å²) in [7, 11) is 0. The Labute approximate surface area is 135 Å². The molecule has 1 aromatic carbocycles. The van der Waals surface area contributed by atoms with Crippen LogP contribution in [0.2, 0.25) is 0 Å². The highest BCUT2D eigenvalue weighted by atomic mass is 32.2. The Kier molecular flexibility index (Phi) is 3.96. The maximum absolute atomic E-state index is 13.2. The summed E-state index contributed by atoms with van der Waals surface area (Å²) in [6.45, 7) is 1.45. The van der Waals surface area contributed by atoms with E-state index < -0.39 is 0 Å². The standard InChI is InChI=1S/C14H14FN5O2S/c15-9-3-4-12-11(6-9)16-13(22-12)8-23-14-17-18-19-20(14)7-10-2-1-5-21-10/h3-4,6,10H,1-2,5,7-8H2/t10-/m1/s1. The lowest BCUT2D eigenvalue weighted by atomic mass is 10.2. The number of rotatable bonds is 5. The smallest absolute Gasteiger partial charge is 0.209 e. The maximum atomic E-state index is 13.2. The van der Waals surface area contributed by atoms with Gasteiger partial charge in [0, 0.05) is 12.7 Å². The fourth-order valence-corrected chi connectivity index (χ4v) is 3.26. The Balaban J connectivity index is 1.44. The van der Waals surface area contributed by atoms with Crippen molar-refractivity contribution in [3.05, 3.63) is 29.9 Å². The summed E-state index contributed by atoms with van der Waals surface area (Å²) in [5.41, 5.74) is 1.08. The minimum Gasteiger partial charge on any atom is -0.440 e. The van der Waals surface area contributed by atoms with Gasteiger partial charge < -0.3 is 9.15 Å². The summed E-state index contributed by atoms with van der Waals surface area (Å²) in [4.78, 5) is 4.28. The van der Waals surface area contributed by atoms with Crippen LogP contribution in [0, 0.1) is 5.82 Å². The van der Waals surface area contributed by atoms with Gasteiger partial charge >= 0.3 is 0 Å². The predicted molar refractivity (Wildman–Crippen MR) is 80.3 cm³/mol. The summed E-state index contributed by atoms with van der Waals surface area (Å²) in [5, 5.41) is 12.4. The number of oxazole rings is 1. The van der Waals surface area contributed by atoms with Gasteiger partial charge in [-0.15, -0.1) is 5.10 Å². The van der Waals surface area contributed by atoms with E-state index in [9.17, 15) is 4.39 Å². The minimum atomic E-state index is -0.328. The lowest BCUT2D eigenvalue weighted by molar-refractivity contribution is 0.0912. The second kappa shape index (κ2) is 6.25. The Bertz CT molecular complexity index is 814. The normalized spacial score (nSPS) is 18.0. The van der Waals surface area contributed by atoms with Crippen molar-refractivity contribution in [2.75, 3.05) is 6.61 Å². The van der Waals surface area contributed by atoms with Crippen LogP contribution >= 0.6 is 11.8 Å². The third kappa shape index (κ3) is 3.20. The van der Waals surface area contributed by atoms with Crippen LogP contribution in [0.25, 0.3) is 11.1 Å². The summed E-state index contributed by atoms with van der Waals surface area (Å²) in [6.07, 6.45) is 2.28. The fourth-order valence-electron chi connectivity index (χ4n) is 2.53. The van der Waals surface area contributed by atoms with Crippen molar-refractivity contribution >= 4 is 22.9 Å². The number of hydrogen-bond acceptors (Lipinski definition) is 7. The number of fused-ring (bicyclic) bond motifs is 1. The van der Waals surface area contributed by atoms with Crippen molar-refractivity contribution in [3.63, 3.8) is 0 Å². The number of thioether (sulfide) groups is 1. The summed E-state index contributed by atoms with van der Waals surface area (Å²) in [6, 6.07) is 4.29. The first kappa shape index (κ1) is 14.6. The molecule has 0 saturated carbocycles. The molecule has 0 aliphatic carbocycles. The van der Waals surface area contributed by atoms with E-state index in [1.54, 1.807) is 10.7 Å². The molecule has 2 aromatic heterocycles.